The van der Waals surface area contributed by atoms with E-state index in [1.165, 1.54) is 12.1 Å². The topological polar surface area (TPSA) is 113 Å². The molecule has 7 nitrogen and oxygen atoms in total. The number of halogens is 2. The molecule has 1 unspecified atom stereocenters. The fraction of sp³-hybridized carbons (Fsp3) is 0.391. The highest BCUT2D eigenvalue weighted by molar-refractivity contribution is 5.77. The van der Waals surface area contributed by atoms with Crippen LogP contribution in [0, 0.1) is 17.6 Å². The quantitative estimate of drug-likeness (QED) is 0.474. The van der Waals surface area contributed by atoms with Gasteiger partial charge in [-0.2, -0.15) is 0 Å². The van der Waals surface area contributed by atoms with Crippen molar-refractivity contribution in [3.63, 3.8) is 0 Å². The number of hydrogen-bond donors (Lipinski definition) is 4. The summed E-state index contributed by atoms with van der Waals surface area (Å²) in [5.41, 5.74) is 12.1. The van der Waals surface area contributed by atoms with Gasteiger partial charge in [0.1, 0.15) is 11.6 Å². The highest BCUT2D eigenvalue weighted by atomic mass is 19.1. The lowest BCUT2D eigenvalue weighted by molar-refractivity contribution is -0.132. The number of hydrogen-bond acceptors (Lipinski definition) is 4. The molecule has 0 aliphatic carbocycles. The van der Waals surface area contributed by atoms with Crippen LogP contribution >= 0.6 is 0 Å². The fourth-order valence-corrected chi connectivity index (χ4v) is 4.10. The molecule has 3 rings (SSSR count). The lowest BCUT2D eigenvalue weighted by Crippen LogP contribution is -2.42. The molecular formula is C23H29F2N5O2. The largest absolute Gasteiger partial charge is 0.381 e. The number of rotatable bonds is 9. The second-order valence-corrected chi connectivity index (χ2v) is 8.17. The predicted octanol–water partition coefficient (Wildman–Crippen LogP) is 2.22. The molecule has 0 aromatic heterocycles. The van der Waals surface area contributed by atoms with Crippen LogP contribution in [0.15, 0.2) is 48.5 Å². The Morgan fingerprint density at radius 3 is 2.44 bits per heavy atom. The molecule has 1 aliphatic heterocycles. The number of likely N-dealkylation sites (tertiary alicyclic amines) is 1. The molecule has 3 amide bonds. The Hall–Kier alpha value is -3.20. The third-order valence-electron chi connectivity index (χ3n) is 5.67. The van der Waals surface area contributed by atoms with Crippen LogP contribution in [-0.4, -0.2) is 48.6 Å². The monoisotopic (exact) mass is 445 g/mol. The number of nitrogens with one attached hydrogen (secondary N) is 2. The van der Waals surface area contributed by atoms with Crippen molar-refractivity contribution in [1.82, 2.24) is 10.2 Å². The van der Waals surface area contributed by atoms with Crippen molar-refractivity contribution in [2.24, 2.45) is 17.4 Å². The summed E-state index contributed by atoms with van der Waals surface area (Å²) >= 11 is 0. The van der Waals surface area contributed by atoms with E-state index in [0.29, 0.717) is 37.3 Å². The van der Waals surface area contributed by atoms with E-state index in [-0.39, 0.29) is 42.3 Å². The van der Waals surface area contributed by atoms with E-state index in [1.54, 1.807) is 41.3 Å². The molecule has 0 bridgehead atoms. The number of nitrogens with two attached hydrogens (primary N) is 2. The first-order valence-electron chi connectivity index (χ1n) is 10.6. The van der Waals surface area contributed by atoms with Gasteiger partial charge in [-0.25, -0.2) is 13.6 Å². The molecule has 172 valence electrons. The number of urea groups is 1. The first-order chi connectivity index (χ1) is 15.3. The standard InChI is InChI=1S/C23H29F2N5O2/c24-19-6-2-1-5-16(19)10-17(26)11-22(31)30-14-15(12-29-23(27)32)9-18(30)13-28-21-8-4-3-7-20(21)25/h1-8,15,17-18,28H,9-14,26H2,(H3,27,29,32)/t15-,17-,18?/m1/s1. The Balaban J connectivity index is 1.63. The number of benzene rings is 2. The molecule has 1 aliphatic rings. The molecule has 2 aromatic carbocycles. The molecule has 3 atom stereocenters. The van der Waals surface area contributed by atoms with Crippen LogP contribution in [0.5, 0.6) is 0 Å². The number of amides is 3. The van der Waals surface area contributed by atoms with E-state index in [2.05, 4.69) is 10.6 Å². The van der Waals surface area contributed by atoms with E-state index in [1.807, 2.05) is 0 Å². The second-order valence-electron chi connectivity index (χ2n) is 8.17. The van der Waals surface area contributed by atoms with Crippen molar-refractivity contribution in [3.8, 4) is 0 Å². The third-order valence-corrected chi connectivity index (χ3v) is 5.67. The zero-order valence-corrected chi connectivity index (χ0v) is 17.8. The summed E-state index contributed by atoms with van der Waals surface area (Å²) in [7, 11) is 0. The average molecular weight is 446 g/mol. The summed E-state index contributed by atoms with van der Waals surface area (Å²) in [5.74, 6) is -0.860. The fourth-order valence-electron chi connectivity index (χ4n) is 4.10. The first kappa shape index (κ1) is 23.5. The number of primary amides is 1. The minimum absolute atomic E-state index is 0.0154. The molecule has 0 spiro atoms. The second kappa shape index (κ2) is 10.9. The van der Waals surface area contributed by atoms with Gasteiger partial charge in [0.15, 0.2) is 0 Å². The van der Waals surface area contributed by atoms with Gasteiger partial charge < -0.3 is 27.0 Å². The zero-order chi connectivity index (χ0) is 23.1. The molecule has 0 radical (unpaired) electrons. The van der Waals surface area contributed by atoms with Crippen LogP contribution < -0.4 is 22.1 Å². The van der Waals surface area contributed by atoms with Gasteiger partial charge in [-0.1, -0.05) is 30.3 Å². The van der Waals surface area contributed by atoms with Gasteiger partial charge in [-0.15, -0.1) is 0 Å². The van der Waals surface area contributed by atoms with Crippen molar-refractivity contribution in [1.29, 1.82) is 0 Å². The Morgan fingerprint density at radius 2 is 1.75 bits per heavy atom. The van der Waals surface area contributed by atoms with E-state index in [9.17, 15) is 18.4 Å². The van der Waals surface area contributed by atoms with Crippen LogP contribution in [0.4, 0.5) is 19.3 Å². The van der Waals surface area contributed by atoms with Gasteiger partial charge >= 0.3 is 6.03 Å². The Morgan fingerprint density at radius 1 is 1.06 bits per heavy atom. The Kier molecular flexibility index (Phi) is 7.99. The summed E-state index contributed by atoms with van der Waals surface area (Å²) in [6, 6.07) is 11.3. The van der Waals surface area contributed by atoms with Crippen LogP contribution in [0.2, 0.25) is 0 Å². The highest BCUT2D eigenvalue weighted by Crippen LogP contribution is 2.25. The molecule has 0 saturated carbocycles. The third kappa shape index (κ3) is 6.40. The molecule has 2 aromatic rings. The number of anilines is 1. The van der Waals surface area contributed by atoms with E-state index < -0.39 is 12.1 Å². The van der Waals surface area contributed by atoms with Gasteiger partial charge in [0, 0.05) is 38.1 Å². The number of para-hydroxylation sites is 1. The molecule has 9 heteroatoms. The van der Waals surface area contributed by atoms with Gasteiger partial charge in [0.25, 0.3) is 0 Å². The number of carbonyl (C=O) groups excluding carboxylic acids is 2. The Labute approximate surface area is 186 Å². The molecular weight excluding hydrogens is 416 g/mol. The SMILES string of the molecule is NC(=O)NC[C@H]1CC(CNc2ccccc2F)N(C(=O)C[C@H](N)Cc2ccccc2F)C1. The van der Waals surface area contributed by atoms with Crippen molar-refractivity contribution in [2.45, 2.75) is 31.3 Å². The van der Waals surface area contributed by atoms with Gasteiger partial charge in [-0.3, -0.25) is 4.79 Å². The first-order valence-corrected chi connectivity index (χ1v) is 10.6. The maximum Gasteiger partial charge on any atom is 0.312 e. The van der Waals surface area contributed by atoms with E-state index in [4.69, 9.17) is 11.5 Å². The lowest BCUT2D eigenvalue weighted by Gasteiger charge is -2.27. The highest BCUT2D eigenvalue weighted by Gasteiger charge is 2.35. The number of carbonyl (C=O) groups is 2. The summed E-state index contributed by atoms with van der Waals surface area (Å²) in [5, 5.41) is 5.65. The molecule has 1 heterocycles. The van der Waals surface area contributed by atoms with Crippen molar-refractivity contribution >= 4 is 17.6 Å². The minimum Gasteiger partial charge on any atom is -0.381 e. The maximum atomic E-state index is 14.0. The van der Waals surface area contributed by atoms with Gasteiger partial charge in [-0.05, 0) is 42.5 Å². The molecule has 6 N–H and O–H groups in total. The van der Waals surface area contributed by atoms with Crippen molar-refractivity contribution in [2.75, 3.05) is 25.0 Å². The van der Waals surface area contributed by atoms with E-state index in [0.717, 1.165) is 0 Å². The van der Waals surface area contributed by atoms with Gasteiger partial charge in [0.05, 0.1) is 5.69 Å². The normalized spacial score (nSPS) is 18.9. The average Bonchev–Trinajstić information content (AvgIpc) is 3.16. The smallest absolute Gasteiger partial charge is 0.312 e. The lowest BCUT2D eigenvalue weighted by atomic mass is 10.0. The molecule has 1 fully saturated rings. The summed E-state index contributed by atoms with van der Waals surface area (Å²) in [4.78, 5) is 25.8. The van der Waals surface area contributed by atoms with Gasteiger partial charge in [0.2, 0.25) is 5.91 Å². The Bertz CT molecular complexity index is 942. The van der Waals surface area contributed by atoms with Crippen molar-refractivity contribution in [3.05, 3.63) is 65.7 Å². The summed E-state index contributed by atoms with van der Waals surface area (Å²) in [6.07, 6.45) is 0.924. The van der Waals surface area contributed by atoms with Crippen LogP contribution in [0.25, 0.3) is 0 Å². The molecule has 32 heavy (non-hydrogen) atoms. The van der Waals surface area contributed by atoms with Crippen LogP contribution in [0.3, 0.4) is 0 Å². The zero-order valence-electron chi connectivity index (χ0n) is 17.8. The van der Waals surface area contributed by atoms with Crippen molar-refractivity contribution < 1.29 is 18.4 Å². The van der Waals surface area contributed by atoms with E-state index >= 15 is 0 Å². The van der Waals surface area contributed by atoms with Crippen LogP contribution in [0.1, 0.15) is 18.4 Å². The van der Waals surface area contributed by atoms with Crippen LogP contribution in [-0.2, 0) is 11.2 Å². The maximum absolute atomic E-state index is 14.0. The molecule has 1 saturated heterocycles. The summed E-state index contributed by atoms with van der Waals surface area (Å²) in [6.45, 7) is 1.12. The predicted molar refractivity (Wildman–Crippen MR) is 119 cm³/mol. The number of nitrogens with zero attached hydrogens (tertiary/aromatic N) is 1. The minimum atomic E-state index is -0.622. The summed E-state index contributed by atoms with van der Waals surface area (Å²) < 4.78 is 27.9.